The highest BCUT2D eigenvalue weighted by Gasteiger charge is 2.50. The molecule has 0 saturated carbocycles. The van der Waals surface area contributed by atoms with Crippen molar-refractivity contribution in [2.75, 3.05) is 0 Å². The monoisotopic (exact) mass is 252 g/mol. The number of hydrogen-bond acceptors (Lipinski definition) is 0. The molecular weight excluding hydrogens is 239 g/mol. The zero-order valence-corrected chi connectivity index (χ0v) is 9.96. The second-order valence-corrected chi connectivity index (χ2v) is 5.03. The van der Waals surface area contributed by atoms with E-state index < -0.39 is 12.1 Å². The standard InChI is InChI=1S/C14H13F3N/c1-8-6-7-10-9-4-2-3-5-11(9)18-13(10)12(8)14(15,16)17/h2-5,8,12H,6-7H2,1H3. The van der Waals surface area contributed by atoms with E-state index in [1.165, 1.54) is 0 Å². The number of hydrogen-bond donors (Lipinski definition) is 0. The Morgan fingerprint density at radius 2 is 1.94 bits per heavy atom. The summed E-state index contributed by atoms with van der Waals surface area (Å²) in [7, 11) is 0. The van der Waals surface area contributed by atoms with Crippen molar-refractivity contribution >= 4 is 11.3 Å². The van der Waals surface area contributed by atoms with Crippen LogP contribution in [0.5, 0.6) is 0 Å². The van der Waals surface area contributed by atoms with E-state index in [2.05, 4.69) is 5.32 Å². The third kappa shape index (κ3) is 1.62. The molecule has 1 aromatic rings. The van der Waals surface area contributed by atoms with E-state index >= 15 is 0 Å². The van der Waals surface area contributed by atoms with Crippen LogP contribution >= 0.6 is 0 Å². The second kappa shape index (κ2) is 3.77. The molecule has 18 heavy (non-hydrogen) atoms. The Hall–Kier alpha value is -1.45. The van der Waals surface area contributed by atoms with Gasteiger partial charge in [-0.2, -0.15) is 13.2 Å². The maximum Gasteiger partial charge on any atom is 0.397 e. The first kappa shape index (κ1) is 11.6. The largest absolute Gasteiger partial charge is 0.397 e. The van der Waals surface area contributed by atoms with Gasteiger partial charge in [0, 0.05) is 5.56 Å². The SMILES string of the molecule is CC1CCC2=C([N]c3ccccc32)C1C(F)(F)F. The lowest BCUT2D eigenvalue weighted by Gasteiger charge is -2.31. The molecule has 1 heterocycles. The predicted octanol–water partition coefficient (Wildman–Crippen LogP) is 4.26. The van der Waals surface area contributed by atoms with E-state index in [-0.39, 0.29) is 11.6 Å². The number of para-hydroxylation sites is 1. The lowest BCUT2D eigenvalue weighted by atomic mass is 9.78. The number of halogens is 3. The molecule has 0 saturated heterocycles. The molecule has 1 aliphatic carbocycles. The van der Waals surface area contributed by atoms with Crippen LogP contribution in [0.4, 0.5) is 18.9 Å². The molecule has 4 heteroatoms. The average molecular weight is 252 g/mol. The fourth-order valence-corrected chi connectivity index (χ4v) is 2.97. The first-order chi connectivity index (χ1) is 8.48. The van der Waals surface area contributed by atoms with Gasteiger partial charge < -0.3 is 0 Å². The second-order valence-electron chi connectivity index (χ2n) is 5.03. The molecular formula is C14H13F3N. The van der Waals surface area contributed by atoms with Gasteiger partial charge >= 0.3 is 6.18 Å². The normalized spacial score (nSPS) is 26.7. The highest BCUT2D eigenvalue weighted by Crippen LogP contribution is 2.51. The third-order valence-corrected chi connectivity index (χ3v) is 3.85. The summed E-state index contributed by atoms with van der Waals surface area (Å²) in [5.41, 5.74) is 2.62. The predicted molar refractivity (Wildman–Crippen MR) is 63.1 cm³/mol. The number of alkyl halides is 3. The van der Waals surface area contributed by atoms with E-state index in [4.69, 9.17) is 0 Å². The molecule has 2 atom stereocenters. The summed E-state index contributed by atoms with van der Waals surface area (Å²) >= 11 is 0. The molecule has 0 N–H and O–H groups in total. The minimum Gasteiger partial charge on any atom is -0.252 e. The Morgan fingerprint density at radius 1 is 1.22 bits per heavy atom. The van der Waals surface area contributed by atoms with Crippen molar-refractivity contribution in [3.63, 3.8) is 0 Å². The Morgan fingerprint density at radius 3 is 2.67 bits per heavy atom. The molecule has 95 valence electrons. The smallest absolute Gasteiger partial charge is 0.252 e. The first-order valence-corrected chi connectivity index (χ1v) is 6.09. The maximum atomic E-state index is 13.2. The number of fused-ring (bicyclic) bond motifs is 2. The van der Waals surface area contributed by atoms with Gasteiger partial charge in [-0.3, -0.25) is 5.32 Å². The Balaban J connectivity index is 2.08. The number of rotatable bonds is 0. The van der Waals surface area contributed by atoms with Gasteiger partial charge in [-0.25, -0.2) is 0 Å². The fraction of sp³-hybridized carbons (Fsp3) is 0.429. The molecule has 0 bridgehead atoms. The summed E-state index contributed by atoms with van der Waals surface area (Å²) in [4.78, 5) is 0. The van der Waals surface area contributed by atoms with Gasteiger partial charge in [0.05, 0.1) is 17.3 Å². The summed E-state index contributed by atoms with van der Waals surface area (Å²) in [6.45, 7) is 1.67. The van der Waals surface area contributed by atoms with Gasteiger partial charge in [0.1, 0.15) is 0 Å². The zero-order valence-electron chi connectivity index (χ0n) is 9.96. The van der Waals surface area contributed by atoms with Crippen molar-refractivity contribution in [3.8, 4) is 0 Å². The molecule has 3 rings (SSSR count). The Bertz CT molecular complexity index is 516. The van der Waals surface area contributed by atoms with Crippen molar-refractivity contribution in [1.29, 1.82) is 0 Å². The minimum absolute atomic E-state index is 0.252. The highest BCUT2D eigenvalue weighted by atomic mass is 19.4. The van der Waals surface area contributed by atoms with Crippen LogP contribution in [0.2, 0.25) is 0 Å². The molecule has 1 aromatic carbocycles. The van der Waals surface area contributed by atoms with E-state index in [1.54, 1.807) is 13.0 Å². The lowest BCUT2D eigenvalue weighted by Crippen LogP contribution is -2.34. The minimum atomic E-state index is -4.20. The molecule has 2 unspecified atom stereocenters. The quantitative estimate of drug-likeness (QED) is 0.655. The third-order valence-electron chi connectivity index (χ3n) is 3.85. The van der Waals surface area contributed by atoms with E-state index in [0.717, 1.165) is 11.1 Å². The van der Waals surface area contributed by atoms with Gasteiger partial charge in [-0.05, 0) is 30.4 Å². The summed E-state index contributed by atoms with van der Waals surface area (Å²) in [5, 5.41) is 4.23. The summed E-state index contributed by atoms with van der Waals surface area (Å²) in [5.74, 6) is -1.80. The van der Waals surface area contributed by atoms with Crippen LogP contribution in [0.15, 0.2) is 30.0 Å². The van der Waals surface area contributed by atoms with Gasteiger partial charge in [-0.1, -0.05) is 25.1 Å². The van der Waals surface area contributed by atoms with Crippen LogP contribution in [0.1, 0.15) is 25.3 Å². The molecule has 0 fully saturated rings. The van der Waals surface area contributed by atoms with E-state index in [1.807, 2.05) is 18.2 Å². The van der Waals surface area contributed by atoms with Crippen LogP contribution < -0.4 is 5.32 Å². The van der Waals surface area contributed by atoms with Crippen molar-refractivity contribution < 1.29 is 13.2 Å². The number of allylic oxidation sites excluding steroid dienone is 2. The topological polar surface area (TPSA) is 14.1 Å². The van der Waals surface area contributed by atoms with E-state index in [0.29, 0.717) is 18.5 Å². The van der Waals surface area contributed by atoms with Crippen LogP contribution in [0.25, 0.3) is 5.57 Å². The molecule has 2 aliphatic rings. The van der Waals surface area contributed by atoms with Gasteiger partial charge in [0.15, 0.2) is 0 Å². The molecule has 1 radical (unpaired) electrons. The van der Waals surface area contributed by atoms with Crippen LogP contribution in [0.3, 0.4) is 0 Å². The van der Waals surface area contributed by atoms with Crippen LogP contribution in [0, 0.1) is 11.8 Å². The van der Waals surface area contributed by atoms with Crippen LogP contribution in [-0.4, -0.2) is 6.18 Å². The van der Waals surface area contributed by atoms with Gasteiger partial charge in [0.25, 0.3) is 0 Å². The highest BCUT2D eigenvalue weighted by molar-refractivity contribution is 5.82. The first-order valence-electron chi connectivity index (χ1n) is 6.09. The van der Waals surface area contributed by atoms with E-state index in [9.17, 15) is 13.2 Å². The van der Waals surface area contributed by atoms with Crippen molar-refractivity contribution in [2.45, 2.75) is 25.9 Å². The molecule has 0 spiro atoms. The van der Waals surface area contributed by atoms with Crippen LogP contribution in [-0.2, 0) is 0 Å². The van der Waals surface area contributed by atoms with Gasteiger partial charge in [0.2, 0.25) is 0 Å². The molecule has 0 amide bonds. The Labute approximate surface area is 104 Å². The maximum absolute atomic E-state index is 13.2. The lowest BCUT2D eigenvalue weighted by molar-refractivity contribution is -0.178. The fourth-order valence-electron chi connectivity index (χ4n) is 2.97. The number of nitrogens with zero attached hydrogens (tertiary/aromatic N) is 1. The average Bonchev–Trinajstić information content (AvgIpc) is 2.64. The molecule has 1 nitrogen and oxygen atoms in total. The van der Waals surface area contributed by atoms with Gasteiger partial charge in [-0.15, -0.1) is 0 Å². The summed E-state index contributed by atoms with van der Waals surface area (Å²) in [6, 6.07) is 7.31. The van der Waals surface area contributed by atoms with Crippen molar-refractivity contribution in [2.24, 2.45) is 11.8 Å². The Kier molecular flexibility index (Phi) is 2.44. The summed E-state index contributed by atoms with van der Waals surface area (Å²) < 4.78 is 39.5. The van der Waals surface area contributed by atoms with Crippen molar-refractivity contribution in [1.82, 2.24) is 5.32 Å². The molecule has 1 aliphatic heterocycles. The van der Waals surface area contributed by atoms with Crippen molar-refractivity contribution in [3.05, 3.63) is 35.5 Å². The number of benzene rings is 1. The summed E-state index contributed by atoms with van der Waals surface area (Å²) in [6.07, 6.45) is -2.93. The zero-order chi connectivity index (χ0) is 12.9. The molecule has 0 aromatic heterocycles.